The van der Waals surface area contributed by atoms with E-state index in [0.29, 0.717) is 6.54 Å². The number of rotatable bonds is 5. The molecule has 0 aliphatic carbocycles. The van der Waals surface area contributed by atoms with Crippen LogP contribution in [-0.4, -0.2) is 43.9 Å². The summed E-state index contributed by atoms with van der Waals surface area (Å²) in [5.41, 5.74) is 1.05. The van der Waals surface area contributed by atoms with Crippen molar-refractivity contribution in [2.24, 2.45) is 0 Å². The predicted molar refractivity (Wildman–Crippen MR) is 66.6 cm³/mol. The van der Waals surface area contributed by atoms with Gasteiger partial charge in [-0.05, 0) is 31.8 Å². The van der Waals surface area contributed by atoms with E-state index in [1.54, 1.807) is 13.2 Å². The number of benzene rings is 1. The number of aliphatic hydroxyl groups is 1. The monoisotopic (exact) mass is 221 g/mol. The highest BCUT2D eigenvalue weighted by Gasteiger charge is 1.99. The minimum atomic E-state index is -0.433. The Bertz CT molecular complexity index is 330. The minimum Gasteiger partial charge on any atom is -0.497 e. The molecule has 0 aliphatic rings. The van der Waals surface area contributed by atoms with Crippen LogP contribution >= 0.6 is 0 Å². The van der Waals surface area contributed by atoms with Gasteiger partial charge in [0.1, 0.15) is 5.75 Å². The number of methoxy groups -OCH3 is 1. The van der Waals surface area contributed by atoms with Gasteiger partial charge >= 0.3 is 0 Å². The Morgan fingerprint density at radius 3 is 2.44 bits per heavy atom. The highest BCUT2D eigenvalue weighted by Crippen LogP contribution is 2.12. The molecule has 0 saturated carbocycles. The van der Waals surface area contributed by atoms with Gasteiger partial charge in [0.25, 0.3) is 0 Å². The Labute approximate surface area is 97.0 Å². The summed E-state index contributed by atoms with van der Waals surface area (Å²) in [4.78, 5) is 1.95. The first-order chi connectivity index (χ1) is 7.61. The molecule has 1 aromatic rings. The molecule has 1 N–H and O–H groups in total. The van der Waals surface area contributed by atoms with Gasteiger partial charge in [0.15, 0.2) is 0 Å². The molecule has 0 aliphatic heterocycles. The predicted octanol–water partition coefficient (Wildman–Crippen LogP) is 1.63. The van der Waals surface area contributed by atoms with Crippen LogP contribution in [0.1, 0.15) is 5.56 Å². The van der Waals surface area contributed by atoms with Gasteiger partial charge in [0.2, 0.25) is 0 Å². The highest BCUT2D eigenvalue weighted by atomic mass is 16.5. The van der Waals surface area contributed by atoms with Crippen LogP contribution in [0.15, 0.2) is 30.3 Å². The van der Waals surface area contributed by atoms with Crippen molar-refractivity contribution in [1.82, 2.24) is 4.90 Å². The molecule has 88 valence electrons. The Morgan fingerprint density at radius 2 is 1.94 bits per heavy atom. The maximum absolute atomic E-state index is 9.63. The normalized spacial score (nSPS) is 13.3. The van der Waals surface area contributed by atoms with E-state index in [1.807, 2.05) is 49.3 Å². The first-order valence-corrected chi connectivity index (χ1v) is 5.27. The zero-order valence-corrected chi connectivity index (χ0v) is 10.1. The third kappa shape index (κ3) is 4.47. The van der Waals surface area contributed by atoms with Gasteiger partial charge in [-0.3, -0.25) is 0 Å². The van der Waals surface area contributed by atoms with E-state index in [1.165, 1.54) is 0 Å². The fourth-order valence-electron chi connectivity index (χ4n) is 1.37. The highest BCUT2D eigenvalue weighted by molar-refractivity contribution is 5.51. The number of aliphatic hydroxyl groups excluding tert-OH is 1. The Kier molecular flexibility index (Phi) is 5.02. The van der Waals surface area contributed by atoms with Crippen LogP contribution in [0.5, 0.6) is 5.75 Å². The van der Waals surface area contributed by atoms with Gasteiger partial charge in [0, 0.05) is 6.54 Å². The van der Waals surface area contributed by atoms with E-state index >= 15 is 0 Å². The lowest BCUT2D eigenvalue weighted by atomic mass is 10.2. The van der Waals surface area contributed by atoms with Crippen molar-refractivity contribution in [3.8, 4) is 5.75 Å². The first-order valence-electron chi connectivity index (χ1n) is 5.27. The van der Waals surface area contributed by atoms with Gasteiger partial charge in [-0.2, -0.15) is 0 Å². The summed E-state index contributed by atoms with van der Waals surface area (Å²) < 4.78 is 5.07. The van der Waals surface area contributed by atoms with Gasteiger partial charge in [-0.25, -0.2) is 0 Å². The van der Waals surface area contributed by atoms with E-state index in [9.17, 15) is 5.11 Å². The molecule has 0 heterocycles. The van der Waals surface area contributed by atoms with E-state index in [0.717, 1.165) is 11.3 Å². The third-order valence-corrected chi connectivity index (χ3v) is 2.18. The summed E-state index contributed by atoms with van der Waals surface area (Å²) in [6.45, 7) is 0.632. The number of nitrogens with zero attached hydrogens (tertiary/aromatic N) is 1. The Morgan fingerprint density at radius 1 is 1.31 bits per heavy atom. The molecular weight excluding hydrogens is 202 g/mol. The Hall–Kier alpha value is -1.32. The van der Waals surface area contributed by atoms with Crippen molar-refractivity contribution >= 4 is 6.08 Å². The quantitative estimate of drug-likeness (QED) is 0.820. The summed E-state index contributed by atoms with van der Waals surface area (Å²) in [6.07, 6.45) is 3.27. The molecule has 3 nitrogen and oxygen atoms in total. The van der Waals surface area contributed by atoms with Gasteiger partial charge in [-0.15, -0.1) is 0 Å². The fourth-order valence-corrected chi connectivity index (χ4v) is 1.37. The fraction of sp³-hybridized carbons (Fsp3) is 0.385. The molecule has 0 bridgehead atoms. The largest absolute Gasteiger partial charge is 0.497 e. The number of ether oxygens (including phenoxy) is 1. The van der Waals surface area contributed by atoms with Gasteiger partial charge < -0.3 is 14.7 Å². The molecule has 0 spiro atoms. The second-order valence-corrected chi connectivity index (χ2v) is 3.96. The second-order valence-electron chi connectivity index (χ2n) is 3.96. The van der Waals surface area contributed by atoms with E-state index in [4.69, 9.17) is 4.74 Å². The van der Waals surface area contributed by atoms with Crippen molar-refractivity contribution in [3.05, 3.63) is 35.9 Å². The van der Waals surface area contributed by atoms with Crippen LogP contribution < -0.4 is 4.74 Å². The zero-order chi connectivity index (χ0) is 12.0. The molecule has 0 saturated heterocycles. The lowest BCUT2D eigenvalue weighted by Crippen LogP contribution is -2.23. The van der Waals surface area contributed by atoms with Crippen LogP contribution in [0.2, 0.25) is 0 Å². The van der Waals surface area contributed by atoms with E-state index in [-0.39, 0.29) is 0 Å². The van der Waals surface area contributed by atoms with Crippen molar-refractivity contribution in [3.63, 3.8) is 0 Å². The summed E-state index contributed by atoms with van der Waals surface area (Å²) in [5.74, 6) is 0.839. The van der Waals surface area contributed by atoms with E-state index < -0.39 is 6.10 Å². The number of hydrogen-bond acceptors (Lipinski definition) is 3. The van der Waals surface area contributed by atoms with Crippen LogP contribution in [-0.2, 0) is 0 Å². The average Bonchev–Trinajstić information content (AvgIpc) is 2.26. The summed E-state index contributed by atoms with van der Waals surface area (Å²) in [5, 5.41) is 9.63. The van der Waals surface area contributed by atoms with Crippen LogP contribution in [0.4, 0.5) is 0 Å². The van der Waals surface area contributed by atoms with Crippen molar-refractivity contribution < 1.29 is 9.84 Å². The van der Waals surface area contributed by atoms with Crippen LogP contribution in [0, 0.1) is 0 Å². The number of likely N-dealkylation sites (N-methyl/N-ethyl adjacent to an activating group) is 1. The molecular formula is C13H19NO2. The molecule has 0 amide bonds. The lowest BCUT2D eigenvalue weighted by Gasteiger charge is -2.12. The van der Waals surface area contributed by atoms with Gasteiger partial charge in [0.05, 0.1) is 13.2 Å². The smallest absolute Gasteiger partial charge is 0.118 e. The lowest BCUT2D eigenvalue weighted by molar-refractivity contribution is 0.179. The molecule has 1 atom stereocenters. The topological polar surface area (TPSA) is 32.7 Å². The summed E-state index contributed by atoms with van der Waals surface area (Å²) in [7, 11) is 5.51. The zero-order valence-electron chi connectivity index (χ0n) is 10.1. The first kappa shape index (κ1) is 12.7. The summed E-state index contributed by atoms with van der Waals surface area (Å²) >= 11 is 0. The molecule has 0 radical (unpaired) electrons. The molecule has 0 fully saturated rings. The SMILES string of the molecule is COc1ccc(/C=C/C(O)CN(C)C)cc1. The Balaban J connectivity index is 2.55. The van der Waals surface area contributed by atoms with Crippen molar-refractivity contribution in [1.29, 1.82) is 0 Å². The number of hydrogen-bond donors (Lipinski definition) is 1. The van der Waals surface area contributed by atoms with Crippen LogP contribution in [0.3, 0.4) is 0 Å². The second kappa shape index (κ2) is 6.30. The molecule has 1 rings (SSSR count). The third-order valence-electron chi connectivity index (χ3n) is 2.18. The standard InChI is InChI=1S/C13H19NO2/c1-14(2)10-12(15)7-4-11-5-8-13(16-3)9-6-11/h4-9,12,15H,10H2,1-3H3/b7-4+. The minimum absolute atomic E-state index is 0.433. The van der Waals surface area contributed by atoms with Crippen molar-refractivity contribution in [2.45, 2.75) is 6.10 Å². The molecule has 1 unspecified atom stereocenters. The summed E-state index contributed by atoms with van der Waals surface area (Å²) in [6, 6.07) is 7.71. The molecule has 3 heteroatoms. The maximum Gasteiger partial charge on any atom is 0.118 e. The van der Waals surface area contributed by atoms with Gasteiger partial charge in [-0.1, -0.05) is 24.3 Å². The molecule has 1 aromatic carbocycles. The van der Waals surface area contributed by atoms with Crippen molar-refractivity contribution in [2.75, 3.05) is 27.7 Å². The average molecular weight is 221 g/mol. The van der Waals surface area contributed by atoms with E-state index in [2.05, 4.69) is 0 Å². The molecule has 16 heavy (non-hydrogen) atoms. The molecule has 0 aromatic heterocycles. The maximum atomic E-state index is 9.63. The van der Waals surface area contributed by atoms with Crippen LogP contribution in [0.25, 0.3) is 6.08 Å².